The molecule has 0 radical (unpaired) electrons. The fourth-order valence-electron chi connectivity index (χ4n) is 1.81. The number of amides is 1. The average molecular weight is 280 g/mol. The minimum absolute atomic E-state index is 0.0391. The summed E-state index contributed by atoms with van der Waals surface area (Å²) in [5.74, 6) is 0.505. The van der Waals surface area contributed by atoms with Crippen molar-refractivity contribution >= 4 is 23.1 Å². The van der Waals surface area contributed by atoms with Crippen LogP contribution in [0.2, 0.25) is 0 Å². The molecule has 1 aromatic carbocycles. The number of ether oxygens (including phenoxy) is 1. The summed E-state index contributed by atoms with van der Waals surface area (Å²) >= 11 is 4.97. The Morgan fingerprint density at radius 1 is 1.37 bits per heavy atom. The zero-order valence-electron chi connectivity index (χ0n) is 11.6. The van der Waals surface area contributed by atoms with E-state index < -0.39 is 6.10 Å². The van der Waals surface area contributed by atoms with Crippen LogP contribution < -0.4 is 10.5 Å². The Balaban J connectivity index is 2.85. The van der Waals surface area contributed by atoms with Gasteiger partial charge in [0.15, 0.2) is 6.10 Å². The molecule has 0 spiro atoms. The third kappa shape index (κ3) is 3.92. The Bertz CT molecular complexity index is 459. The molecule has 0 aliphatic carbocycles. The van der Waals surface area contributed by atoms with Gasteiger partial charge in [-0.15, -0.1) is 0 Å². The molecule has 1 atom stereocenters. The summed E-state index contributed by atoms with van der Waals surface area (Å²) in [7, 11) is 0. The second-order valence-electron chi connectivity index (χ2n) is 4.13. The number of carbonyl (C=O) groups is 1. The number of thiocarbonyl (C=S) groups is 1. The number of carbonyl (C=O) groups excluding carboxylic acids is 1. The van der Waals surface area contributed by atoms with Gasteiger partial charge in [0.2, 0.25) is 0 Å². The Hall–Kier alpha value is -1.62. The van der Waals surface area contributed by atoms with Crippen LogP contribution in [0.3, 0.4) is 0 Å². The number of hydrogen-bond donors (Lipinski definition) is 1. The maximum absolute atomic E-state index is 12.1. The standard InChI is InChI=1S/C14H20N2O2S/c1-4-16(5-2)14(17)10(3)18-12-9-7-6-8-11(12)13(15)19/h6-10H,4-5H2,1-3H3,(H2,15,19). The van der Waals surface area contributed by atoms with E-state index in [0.717, 1.165) is 0 Å². The molecule has 2 N–H and O–H groups in total. The van der Waals surface area contributed by atoms with Crippen molar-refractivity contribution < 1.29 is 9.53 Å². The van der Waals surface area contributed by atoms with Crippen LogP contribution >= 0.6 is 12.2 Å². The summed E-state index contributed by atoms with van der Waals surface area (Å²) in [4.78, 5) is 14.1. The van der Waals surface area contributed by atoms with E-state index in [2.05, 4.69) is 0 Å². The molecule has 0 aromatic heterocycles. The van der Waals surface area contributed by atoms with Gasteiger partial charge in [-0.2, -0.15) is 0 Å². The number of rotatable bonds is 6. The van der Waals surface area contributed by atoms with E-state index in [9.17, 15) is 4.79 Å². The van der Waals surface area contributed by atoms with Crippen LogP contribution in [0.15, 0.2) is 24.3 Å². The fourth-order valence-corrected chi connectivity index (χ4v) is 1.97. The fraction of sp³-hybridized carbons (Fsp3) is 0.429. The number of para-hydroxylation sites is 1. The molecule has 5 heteroatoms. The van der Waals surface area contributed by atoms with Gasteiger partial charge in [-0.05, 0) is 32.9 Å². The lowest BCUT2D eigenvalue weighted by molar-refractivity contribution is -0.137. The molecule has 1 amide bonds. The molecule has 104 valence electrons. The van der Waals surface area contributed by atoms with Gasteiger partial charge in [0.05, 0.1) is 5.56 Å². The average Bonchev–Trinajstić information content (AvgIpc) is 2.40. The van der Waals surface area contributed by atoms with Crippen LogP contribution in [-0.2, 0) is 4.79 Å². The van der Waals surface area contributed by atoms with E-state index in [4.69, 9.17) is 22.7 Å². The maximum Gasteiger partial charge on any atom is 0.263 e. The first-order chi connectivity index (χ1) is 9.01. The van der Waals surface area contributed by atoms with E-state index in [1.807, 2.05) is 26.0 Å². The van der Waals surface area contributed by atoms with Crippen molar-refractivity contribution in [3.63, 3.8) is 0 Å². The molecule has 0 fully saturated rings. The van der Waals surface area contributed by atoms with Gasteiger partial charge in [0, 0.05) is 13.1 Å². The number of hydrogen-bond acceptors (Lipinski definition) is 3. The second-order valence-corrected chi connectivity index (χ2v) is 4.57. The lowest BCUT2D eigenvalue weighted by Gasteiger charge is -2.24. The minimum Gasteiger partial charge on any atom is -0.480 e. The summed E-state index contributed by atoms with van der Waals surface area (Å²) in [6.45, 7) is 6.95. The summed E-state index contributed by atoms with van der Waals surface area (Å²) in [6, 6.07) is 7.21. The molecule has 1 rings (SSSR count). The van der Waals surface area contributed by atoms with Crippen LogP contribution in [0.1, 0.15) is 26.3 Å². The van der Waals surface area contributed by atoms with Crippen LogP contribution in [0.5, 0.6) is 5.75 Å². The number of benzene rings is 1. The summed E-state index contributed by atoms with van der Waals surface area (Å²) in [5.41, 5.74) is 6.28. The topological polar surface area (TPSA) is 55.6 Å². The van der Waals surface area contributed by atoms with Crippen molar-refractivity contribution in [2.45, 2.75) is 26.9 Å². The molecule has 0 heterocycles. The van der Waals surface area contributed by atoms with Gasteiger partial charge in [-0.1, -0.05) is 24.4 Å². The molecule has 0 aliphatic heterocycles. The largest absolute Gasteiger partial charge is 0.480 e. The number of likely N-dealkylation sites (N-methyl/N-ethyl adjacent to an activating group) is 1. The highest BCUT2D eigenvalue weighted by atomic mass is 32.1. The molecule has 0 aliphatic rings. The van der Waals surface area contributed by atoms with Gasteiger partial charge in [0.25, 0.3) is 5.91 Å². The van der Waals surface area contributed by atoms with Gasteiger partial charge in [0.1, 0.15) is 10.7 Å². The zero-order chi connectivity index (χ0) is 14.4. The Kier molecular flexibility index (Phi) is 5.76. The van der Waals surface area contributed by atoms with Crippen LogP contribution in [0.4, 0.5) is 0 Å². The van der Waals surface area contributed by atoms with E-state index >= 15 is 0 Å². The summed E-state index contributed by atoms with van der Waals surface area (Å²) in [6.07, 6.45) is -0.560. The first-order valence-electron chi connectivity index (χ1n) is 6.35. The molecular weight excluding hydrogens is 260 g/mol. The molecule has 0 saturated heterocycles. The van der Waals surface area contributed by atoms with Crippen LogP contribution in [0, 0.1) is 0 Å². The van der Waals surface area contributed by atoms with E-state index in [-0.39, 0.29) is 10.9 Å². The van der Waals surface area contributed by atoms with Crippen molar-refractivity contribution in [3.05, 3.63) is 29.8 Å². The SMILES string of the molecule is CCN(CC)C(=O)C(C)Oc1ccccc1C(N)=S. The van der Waals surface area contributed by atoms with Gasteiger partial charge in [-0.3, -0.25) is 4.79 Å². The molecule has 1 aromatic rings. The molecular formula is C14H20N2O2S. The number of nitrogens with zero attached hydrogens (tertiary/aromatic N) is 1. The highest BCUT2D eigenvalue weighted by Crippen LogP contribution is 2.19. The van der Waals surface area contributed by atoms with Gasteiger partial charge >= 0.3 is 0 Å². The highest BCUT2D eigenvalue weighted by molar-refractivity contribution is 7.80. The molecule has 19 heavy (non-hydrogen) atoms. The van der Waals surface area contributed by atoms with E-state index in [0.29, 0.717) is 24.4 Å². The number of nitrogens with two attached hydrogens (primary N) is 1. The predicted octanol–water partition coefficient (Wildman–Crippen LogP) is 1.96. The Labute approximate surface area is 119 Å². The van der Waals surface area contributed by atoms with Gasteiger partial charge < -0.3 is 15.4 Å². The first-order valence-corrected chi connectivity index (χ1v) is 6.76. The lowest BCUT2D eigenvalue weighted by atomic mass is 10.2. The normalized spacial score (nSPS) is 11.7. The van der Waals surface area contributed by atoms with E-state index in [1.165, 1.54) is 0 Å². The van der Waals surface area contributed by atoms with Crippen molar-refractivity contribution in [2.24, 2.45) is 5.73 Å². The van der Waals surface area contributed by atoms with Crippen molar-refractivity contribution in [1.82, 2.24) is 4.90 Å². The minimum atomic E-state index is -0.560. The summed E-state index contributed by atoms with van der Waals surface area (Å²) in [5, 5.41) is 0. The molecule has 0 saturated carbocycles. The van der Waals surface area contributed by atoms with Crippen molar-refractivity contribution in [1.29, 1.82) is 0 Å². The predicted molar refractivity (Wildman–Crippen MR) is 80.3 cm³/mol. The smallest absolute Gasteiger partial charge is 0.263 e. The van der Waals surface area contributed by atoms with Gasteiger partial charge in [-0.25, -0.2) is 0 Å². The van der Waals surface area contributed by atoms with Crippen LogP contribution in [-0.4, -0.2) is 35.0 Å². The highest BCUT2D eigenvalue weighted by Gasteiger charge is 2.20. The van der Waals surface area contributed by atoms with Crippen molar-refractivity contribution in [3.8, 4) is 5.75 Å². The Morgan fingerprint density at radius 2 is 1.95 bits per heavy atom. The lowest BCUT2D eigenvalue weighted by Crippen LogP contribution is -2.40. The zero-order valence-corrected chi connectivity index (χ0v) is 12.4. The van der Waals surface area contributed by atoms with Crippen molar-refractivity contribution in [2.75, 3.05) is 13.1 Å². The quantitative estimate of drug-likeness (QED) is 0.809. The third-order valence-electron chi connectivity index (χ3n) is 2.88. The molecule has 0 bridgehead atoms. The molecule has 4 nitrogen and oxygen atoms in total. The van der Waals surface area contributed by atoms with E-state index in [1.54, 1.807) is 24.0 Å². The molecule has 1 unspecified atom stereocenters. The third-order valence-corrected chi connectivity index (χ3v) is 3.10. The monoisotopic (exact) mass is 280 g/mol. The maximum atomic E-state index is 12.1. The van der Waals surface area contributed by atoms with Crippen LogP contribution in [0.25, 0.3) is 0 Å². The second kappa shape index (κ2) is 7.09. The first kappa shape index (κ1) is 15.4. The summed E-state index contributed by atoms with van der Waals surface area (Å²) < 4.78 is 5.69. The Morgan fingerprint density at radius 3 is 2.47 bits per heavy atom.